The van der Waals surface area contributed by atoms with E-state index in [4.69, 9.17) is 9.57 Å². The molecule has 0 radical (unpaired) electrons. The topological polar surface area (TPSA) is 69.0 Å². The second-order valence-electron chi connectivity index (χ2n) is 5.89. The molecule has 1 atom stereocenters. The predicted molar refractivity (Wildman–Crippen MR) is 93.4 cm³/mol. The van der Waals surface area contributed by atoms with E-state index in [0.717, 1.165) is 29.3 Å². The maximum absolute atomic E-state index is 12.6. The SMILES string of the molecule is CCn1ccc(CN(C)C(=O)C2CC(c3ccccc3OC)=NO2)n1. The van der Waals surface area contributed by atoms with E-state index < -0.39 is 6.10 Å². The van der Waals surface area contributed by atoms with E-state index in [9.17, 15) is 4.79 Å². The van der Waals surface area contributed by atoms with Crippen LogP contribution in [-0.4, -0.2) is 46.6 Å². The number of ether oxygens (including phenoxy) is 1. The third-order valence-corrected chi connectivity index (χ3v) is 4.16. The summed E-state index contributed by atoms with van der Waals surface area (Å²) < 4.78 is 7.19. The maximum atomic E-state index is 12.6. The van der Waals surface area contributed by atoms with E-state index in [1.807, 2.05) is 48.1 Å². The molecule has 0 saturated heterocycles. The van der Waals surface area contributed by atoms with Gasteiger partial charge >= 0.3 is 0 Å². The zero-order chi connectivity index (χ0) is 17.8. The zero-order valence-corrected chi connectivity index (χ0v) is 14.7. The maximum Gasteiger partial charge on any atom is 0.267 e. The molecule has 0 saturated carbocycles. The Bertz CT molecular complexity index is 784. The van der Waals surface area contributed by atoms with Gasteiger partial charge in [0.1, 0.15) is 5.75 Å². The molecule has 25 heavy (non-hydrogen) atoms. The minimum absolute atomic E-state index is 0.111. The van der Waals surface area contributed by atoms with Gasteiger partial charge in [-0.2, -0.15) is 5.10 Å². The van der Waals surface area contributed by atoms with Gasteiger partial charge in [0, 0.05) is 31.8 Å². The molecular weight excluding hydrogens is 320 g/mol. The third-order valence-electron chi connectivity index (χ3n) is 4.16. The number of oxime groups is 1. The standard InChI is InChI=1S/C18H22N4O3/c1-4-22-10-9-13(19-22)12-21(2)18(23)17-11-15(20-25-17)14-7-5-6-8-16(14)24-3/h5-10,17H,4,11-12H2,1-3H3. The van der Waals surface area contributed by atoms with Gasteiger partial charge in [-0.15, -0.1) is 0 Å². The number of benzene rings is 1. The minimum Gasteiger partial charge on any atom is -0.496 e. The van der Waals surface area contributed by atoms with Crippen LogP contribution in [0, 0.1) is 0 Å². The molecule has 1 aromatic carbocycles. The molecule has 132 valence electrons. The molecule has 0 fully saturated rings. The molecule has 2 heterocycles. The molecule has 1 aromatic heterocycles. The highest BCUT2D eigenvalue weighted by Gasteiger charge is 2.32. The molecule has 0 spiro atoms. The number of carbonyl (C=O) groups excluding carboxylic acids is 1. The summed E-state index contributed by atoms with van der Waals surface area (Å²) >= 11 is 0. The molecule has 3 rings (SSSR count). The van der Waals surface area contributed by atoms with Gasteiger partial charge in [0.05, 0.1) is 25.1 Å². The summed E-state index contributed by atoms with van der Waals surface area (Å²) in [6.45, 7) is 3.27. The first kappa shape index (κ1) is 17.0. The van der Waals surface area contributed by atoms with E-state index in [1.165, 1.54) is 0 Å². The van der Waals surface area contributed by atoms with Crippen LogP contribution in [0.4, 0.5) is 0 Å². The Hall–Kier alpha value is -2.83. The molecule has 1 aliphatic heterocycles. The number of carbonyl (C=O) groups is 1. The summed E-state index contributed by atoms with van der Waals surface area (Å²) in [6.07, 6.45) is 1.72. The number of aromatic nitrogens is 2. The highest BCUT2D eigenvalue weighted by atomic mass is 16.6. The van der Waals surface area contributed by atoms with Crippen LogP contribution in [0.15, 0.2) is 41.7 Å². The second kappa shape index (κ2) is 7.38. The Kier molecular flexibility index (Phi) is 5.02. The zero-order valence-electron chi connectivity index (χ0n) is 14.7. The monoisotopic (exact) mass is 342 g/mol. The number of nitrogens with zero attached hydrogens (tertiary/aromatic N) is 4. The van der Waals surface area contributed by atoms with Crippen LogP contribution in [-0.2, 0) is 22.7 Å². The van der Waals surface area contributed by atoms with Gasteiger partial charge in [0.25, 0.3) is 5.91 Å². The lowest BCUT2D eigenvalue weighted by molar-refractivity contribution is -0.141. The highest BCUT2D eigenvalue weighted by Crippen LogP contribution is 2.25. The third kappa shape index (κ3) is 3.65. The molecular formula is C18H22N4O3. The van der Waals surface area contributed by atoms with Crippen LogP contribution in [0.2, 0.25) is 0 Å². The summed E-state index contributed by atoms with van der Waals surface area (Å²) in [7, 11) is 3.36. The fourth-order valence-electron chi connectivity index (χ4n) is 2.78. The van der Waals surface area contributed by atoms with Crippen molar-refractivity contribution in [2.45, 2.75) is 32.5 Å². The van der Waals surface area contributed by atoms with Crippen molar-refractivity contribution < 1.29 is 14.4 Å². The first-order valence-corrected chi connectivity index (χ1v) is 8.25. The van der Waals surface area contributed by atoms with Gasteiger partial charge in [-0.1, -0.05) is 17.3 Å². The number of methoxy groups -OCH3 is 1. The van der Waals surface area contributed by atoms with Gasteiger partial charge in [-0.05, 0) is 25.1 Å². The van der Waals surface area contributed by atoms with E-state index >= 15 is 0 Å². The lowest BCUT2D eigenvalue weighted by Crippen LogP contribution is -2.36. The number of para-hydroxylation sites is 1. The molecule has 0 aliphatic carbocycles. The van der Waals surface area contributed by atoms with Crippen molar-refractivity contribution in [2.75, 3.05) is 14.2 Å². The van der Waals surface area contributed by atoms with E-state index in [0.29, 0.717) is 13.0 Å². The summed E-state index contributed by atoms with van der Waals surface area (Å²) in [5, 5.41) is 8.49. The predicted octanol–water partition coefficient (Wildman–Crippen LogP) is 2.06. The van der Waals surface area contributed by atoms with Gasteiger partial charge in [-0.3, -0.25) is 9.48 Å². The average Bonchev–Trinajstić information content (AvgIpc) is 3.30. The molecule has 0 N–H and O–H groups in total. The highest BCUT2D eigenvalue weighted by molar-refractivity contribution is 6.05. The van der Waals surface area contributed by atoms with Crippen LogP contribution in [0.25, 0.3) is 0 Å². The molecule has 1 amide bonds. The van der Waals surface area contributed by atoms with Crippen molar-refractivity contribution in [3.8, 4) is 5.75 Å². The van der Waals surface area contributed by atoms with Crippen molar-refractivity contribution in [3.05, 3.63) is 47.8 Å². The smallest absolute Gasteiger partial charge is 0.267 e. The Balaban J connectivity index is 1.63. The lowest BCUT2D eigenvalue weighted by atomic mass is 10.0. The van der Waals surface area contributed by atoms with Crippen LogP contribution in [0.1, 0.15) is 24.6 Å². The molecule has 7 nitrogen and oxygen atoms in total. The van der Waals surface area contributed by atoms with Crippen LogP contribution >= 0.6 is 0 Å². The average molecular weight is 342 g/mol. The quantitative estimate of drug-likeness (QED) is 0.806. The van der Waals surface area contributed by atoms with Crippen LogP contribution in [0.5, 0.6) is 5.75 Å². The van der Waals surface area contributed by atoms with Crippen LogP contribution in [0.3, 0.4) is 0 Å². The number of aryl methyl sites for hydroxylation is 1. The van der Waals surface area contributed by atoms with Crippen molar-refractivity contribution in [3.63, 3.8) is 0 Å². The van der Waals surface area contributed by atoms with Crippen molar-refractivity contribution in [2.24, 2.45) is 5.16 Å². The molecule has 0 bridgehead atoms. The minimum atomic E-state index is -0.613. The van der Waals surface area contributed by atoms with Crippen molar-refractivity contribution in [1.29, 1.82) is 0 Å². The van der Waals surface area contributed by atoms with E-state index in [1.54, 1.807) is 19.1 Å². The summed E-state index contributed by atoms with van der Waals surface area (Å²) in [5.74, 6) is 0.608. The lowest BCUT2D eigenvalue weighted by Gasteiger charge is -2.18. The number of likely N-dealkylation sites (N-methyl/N-ethyl adjacent to an activating group) is 1. The first-order valence-electron chi connectivity index (χ1n) is 8.25. The summed E-state index contributed by atoms with van der Waals surface area (Å²) in [4.78, 5) is 19.6. The molecule has 7 heteroatoms. The molecule has 1 aliphatic rings. The Morgan fingerprint density at radius 1 is 1.40 bits per heavy atom. The fourth-order valence-corrected chi connectivity index (χ4v) is 2.78. The Labute approximate surface area is 146 Å². The molecule has 2 aromatic rings. The van der Waals surface area contributed by atoms with Gasteiger partial charge < -0.3 is 14.5 Å². The Morgan fingerprint density at radius 3 is 2.92 bits per heavy atom. The largest absolute Gasteiger partial charge is 0.496 e. The van der Waals surface area contributed by atoms with Gasteiger partial charge in [-0.25, -0.2) is 0 Å². The Morgan fingerprint density at radius 2 is 2.20 bits per heavy atom. The first-order chi connectivity index (χ1) is 12.1. The normalized spacial score (nSPS) is 16.3. The second-order valence-corrected chi connectivity index (χ2v) is 5.89. The van der Waals surface area contributed by atoms with Crippen molar-refractivity contribution in [1.82, 2.24) is 14.7 Å². The fraction of sp³-hybridized carbons (Fsp3) is 0.389. The van der Waals surface area contributed by atoms with Crippen LogP contribution < -0.4 is 4.74 Å². The number of hydrogen-bond acceptors (Lipinski definition) is 5. The van der Waals surface area contributed by atoms with E-state index in [2.05, 4.69) is 10.3 Å². The number of hydrogen-bond donors (Lipinski definition) is 0. The van der Waals surface area contributed by atoms with Gasteiger partial charge in [0.15, 0.2) is 0 Å². The molecule has 1 unspecified atom stereocenters. The number of rotatable bonds is 6. The summed E-state index contributed by atoms with van der Waals surface area (Å²) in [6, 6.07) is 9.49. The van der Waals surface area contributed by atoms with E-state index in [-0.39, 0.29) is 5.91 Å². The van der Waals surface area contributed by atoms with Crippen molar-refractivity contribution >= 4 is 11.6 Å². The summed E-state index contributed by atoms with van der Waals surface area (Å²) in [5.41, 5.74) is 2.42. The number of amides is 1. The van der Waals surface area contributed by atoms with Gasteiger partial charge in [0.2, 0.25) is 6.10 Å².